The van der Waals surface area contributed by atoms with Crippen LogP contribution < -0.4 is 11.5 Å². The number of nitrogen functional groups attached to an aromatic ring is 2. The van der Waals surface area contributed by atoms with Gasteiger partial charge in [0.1, 0.15) is 29.7 Å². The maximum atomic E-state index is 11.1. The minimum absolute atomic E-state index is 0.354. The highest BCUT2D eigenvalue weighted by Gasteiger charge is 2.51. The molecule has 0 aliphatic heterocycles. The molecular formula is C24H26N6O2. The second-order valence-electron chi connectivity index (χ2n) is 8.63. The Labute approximate surface area is 185 Å². The monoisotopic (exact) mass is 430 g/mol. The summed E-state index contributed by atoms with van der Waals surface area (Å²) in [6, 6.07) is 11.3. The van der Waals surface area contributed by atoms with Gasteiger partial charge in [0.25, 0.3) is 0 Å². The van der Waals surface area contributed by atoms with Crippen LogP contribution in [-0.4, -0.2) is 41.9 Å². The van der Waals surface area contributed by atoms with Crippen LogP contribution in [0.15, 0.2) is 61.6 Å². The molecule has 0 bridgehead atoms. The van der Waals surface area contributed by atoms with E-state index >= 15 is 0 Å². The minimum atomic E-state index is -0.960. The van der Waals surface area contributed by atoms with Gasteiger partial charge < -0.3 is 26.2 Å². The zero-order valence-corrected chi connectivity index (χ0v) is 17.6. The molecule has 1 aromatic carbocycles. The van der Waals surface area contributed by atoms with Crippen molar-refractivity contribution < 1.29 is 10.2 Å². The number of nitrogens with two attached hydrogens (primary N) is 2. The lowest BCUT2D eigenvalue weighted by molar-refractivity contribution is -0.0143. The number of hydrogen-bond acceptors (Lipinski definition) is 7. The molecule has 0 unspecified atom stereocenters. The predicted octanol–water partition coefficient (Wildman–Crippen LogP) is 2.62. The summed E-state index contributed by atoms with van der Waals surface area (Å²) in [7, 11) is 0. The van der Waals surface area contributed by atoms with Gasteiger partial charge in [-0.2, -0.15) is 0 Å². The van der Waals surface area contributed by atoms with E-state index in [-0.39, 0.29) is 6.04 Å². The van der Waals surface area contributed by atoms with Crippen LogP contribution in [0.5, 0.6) is 0 Å². The van der Waals surface area contributed by atoms with Crippen molar-refractivity contribution in [2.75, 3.05) is 11.5 Å². The molecule has 164 valence electrons. The maximum Gasteiger partial charge on any atom is 0.145 e. The maximum absolute atomic E-state index is 11.1. The average molecular weight is 431 g/mol. The van der Waals surface area contributed by atoms with Crippen LogP contribution in [0.25, 0.3) is 21.9 Å². The molecule has 0 spiro atoms. The largest absolute Gasteiger partial charge is 0.389 e. The first-order valence-electron chi connectivity index (χ1n) is 10.6. The van der Waals surface area contributed by atoms with E-state index in [4.69, 9.17) is 11.5 Å². The summed E-state index contributed by atoms with van der Waals surface area (Å²) in [5, 5.41) is 23.8. The molecule has 5 rings (SSSR count). The number of aromatic nitrogens is 4. The molecular weight excluding hydrogens is 404 g/mol. The number of pyridine rings is 1. The number of nitrogens with zero attached hydrogens (tertiary/aromatic N) is 4. The van der Waals surface area contributed by atoms with E-state index < -0.39 is 17.6 Å². The molecule has 8 nitrogen and oxygen atoms in total. The Hall–Kier alpha value is -3.49. The third-order valence-corrected chi connectivity index (χ3v) is 6.86. The van der Waals surface area contributed by atoms with Crippen LogP contribution in [0, 0.1) is 5.41 Å². The molecule has 4 atom stereocenters. The summed E-state index contributed by atoms with van der Waals surface area (Å²) in [6.07, 6.45) is 5.00. The van der Waals surface area contributed by atoms with E-state index in [1.54, 1.807) is 12.1 Å². The highest BCUT2D eigenvalue weighted by molar-refractivity contribution is 5.86. The lowest BCUT2D eigenvalue weighted by atomic mass is 9.78. The Balaban J connectivity index is 1.42. The van der Waals surface area contributed by atoms with E-state index in [2.05, 4.69) is 27.6 Å². The van der Waals surface area contributed by atoms with Crippen molar-refractivity contribution in [2.45, 2.75) is 37.5 Å². The van der Waals surface area contributed by atoms with E-state index in [1.165, 1.54) is 6.33 Å². The average Bonchev–Trinajstić information content (AvgIpc) is 3.33. The second-order valence-corrected chi connectivity index (χ2v) is 8.63. The zero-order chi connectivity index (χ0) is 22.5. The molecule has 3 aromatic heterocycles. The van der Waals surface area contributed by atoms with Crippen molar-refractivity contribution in [2.24, 2.45) is 5.41 Å². The van der Waals surface area contributed by atoms with E-state index in [0.29, 0.717) is 36.5 Å². The van der Waals surface area contributed by atoms with Crippen molar-refractivity contribution in [3.8, 4) is 0 Å². The molecule has 0 amide bonds. The number of aliphatic hydroxyl groups is 2. The molecule has 4 aromatic rings. The molecule has 1 saturated carbocycles. The Bertz CT molecular complexity index is 1320. The number of benzene rings is 1. The van der Waals surface area contributed by atoms with Crippen molar-refractivity contribution in [1.29, 1.82) is 0 Å². The standard InChI is InChI=1S/C24H26N6O2/c1-2-24(9-7-14-3-4-15-5-6-19(25)29-17(15)11-14)12-18(20(31)21(24)32)30-10-8-16-22(26)27-13-28-23(16)30/h2-6,8,10-11,13,18,20-21,31-32H,1,7,9,12H2,(H2,25,29)(H2,26,27,28)/t18-,20+,21+,24+/m1/s1. The third-order valence-electron chi connectivity index (χ3n) is 6.86. The van der Waals surface area contributed by atoms with E-state index in [1.807, 2.05) is 35.0 Å². The normalized spacial score (nSPS) is 25.5. The molecule has 6 N–H and O–H groups in total. The van der Waals surface area contributed by atoms with Crippen LogP contribution in [0.1, 0.15) is 24.4 Å². The van der Waals surface area contributed by atoms with Crippen molar-refractivity contribution in [3.05, 3.63) is 67.1 Å². The highest BCUT2D eigenvalue weighted by Crippen LogP contribution is 2.49. The lowest BCUT2D eigenvalue weighted by Gasteiger charge is -2.29. The quantitative estimate of drug-likeness (QED) is 0.357. The number of fused-ring (bicyclic) bond motifs is 2. The van der Waals surface area contributed by atoms with Crippen LogP contribution in [0.2, 0.25) is 0 Å². The predicted molar refractivity (Wildman–Crippen MR) is 125 cm³/mol. The zero-order valence-electron chi connectivity index (χ0n) is 17.6. The van der Waals surface area contributed by atoms with Crippen molar-refractivity contribution >= 4 is 33.6 Å². The molecule has 0 saturated heterocycles. The lowest BCUT2D eigenvalue weighted by Crippen LogP contribution is -2.35. The number of aliphatic hydroxyl groups excluding tert-OH is 2. The van der Waals surface area contributed by atoms with E-state index in [9.17, 15) is 10.2 Å². The van der Waals surface area contributed by atoms with Crippen LogP contribution in [-0.2, 0) is 6.42 Å². The van der Waals surface area contributed by atoms with Gasteiger partial charge in [-0.3, -0.25) is 0 Å². The minimum Gasteiger partial charge on any atom is -0.389 e. The fourth-order valence-corrected chi connectivity index (χ4v) is 4.97. The van der Waals surface area contributed by atoms with Crippen LogP contribution in [0.4, 0.5) is 11.6 Å². The smallest absolute Gasteiger partial charge is 0.145 e. The third kappa shape index (κ3) is 3.19. The Morgan fingerprint density at radius 3 is 2.78 bits per heavy atom. The first-order chi connectivity index (χ1) is 15.4. The van der Waals surface area contributed by atoms with Crippen molar-refractivity contribution in [3.63, 3.8) is 0 Å². The van der Waals surface area contributed by atoms with Gasteiger partial charge in [-0.15, -0.1) is 6.58 Å². The highest BCUT2D eigenvalue weighted by atomic mass is 16.3. The first-order valence-corrected chi connectivity index (χ1v) is 10.6. The summed E-state index contributed by atoms with van der Waals surface area (Å²) < 4.78 is 1.88. The molecule has 0 radical (unpaired) electrons. The van der Waals surface area contributed by atoms with Crippen LogP contribution >= 0.6 is 0 Å². The summed E-state index contributed by atoms with van der Waals surface area (Å²) in [5.41, 5.74) is 13.7. The van der Waals surface area contributed by atoms with Gasteiger partial charge in [0.2, 0.25) is 0 Å². The Morgan fingerprint density at radius 2 is 1.97 bits per heavy atom. The molecule has 1 aliphatic rings. The number of anilines is 2. The molecule has 32 heavy (non-hydrogen) atoms. The second kappa shape index (κ2) is 7.58. The SMILES string of the molecule is C=C[C@]1(CCc2ccc3ccc(N)nc3c2)C[C@@H](n2ccc3c(N)ncnc32)[C@H](O)[C@@H]1O. The summed E-state index contributed by atoms with van der Waals surface area (Å²) in [6.45, 7) is 4.01. The van der Waals surface area contributed by atoms with Gasteiger partial charge >= 0.3 is 0 Å². The summed E-state index contributed by atoms with van der Waals surface area (Å²) in [5.74, 6) is 0.875. The first kappa shape index (κ1) is 20.4. The van der Waals surface area contributed by atoms with Gasteiger partial charge in [-0.05, 0) is 49.1 Å². The van der Waals surface area contributed by atoms with Crippen molar-refractivity contribution in [1.82, 2.24) is 19.5 Å². The molecule has 8 heteroatoms. The van der Waals surface area contributed by atoms with Gasteiger partial charge in [-0.25, -0.2) is 15.0 Å². The Kier molecular flexibility index (Phi) is 4.83. The van der Waals surface area contributed by atoms with Crippen LogP contribution in [0.3, 0.4) is 0 Å². The number of hydrogen-bond donors (Lipinski definition) is 4. The summed E-state index contributed by atoms with van der Waals surface area (Å²) in [4.78, 5) is 12.8. The van der Waals surface area contributed by atoms with Gasteiger partial charge in [0.15, 0.2) is 0 Å². The fourth-order valence-electron chi connectivity index (χ4n) is 4.97. The molecule has 3 heterocycles. The van der Waals surface area contributed by atoms with Gasteiger partial charge in [-0.1, -0.05) is 18.2 Å². The fraction of sp³-hybridized carbons (Fsp3) is 0.292. The topological polar surface area (TPSA) is 136 Å². The Morgan fingerprint density at radius 1 is 1.16 bits per heavy atom. The summed E-state index contributed by atoms with van der Waals surface area (Å²) >= 11 is 0. The van der Waals surface area contributed by atoms with Gasteiger partial charge in [0, 0.05) is 17.0 Å². The molecule has 1 aliphatic carbocycles. The van der Waals surface area contributed by atoms with E-state index in [0.717, 1.165) is 21.9 Å². The number of rotatable bonds is 5. The number of aryl methyl sites for hydroxylation is 1. The molecule has 1 fully saturated rings. The van der Waals surface area contributed by atoms with Gasteiger partial charge in [0.05, 0.1) is 23.0 Å².